The van der Waals surface area contributed by atoms with Crippen molar-refractivity contribution in [2.45, 2.75) is 69.8 Å². The Morgan fingerprint density at radius 1 is 0.155 bits per heavy atom. The van der Waals surface area contributed by atoms with Crippen LogP contribution in [0.5, 0.6) is 5.75 Å². The van der Waals surface area contributed by atoms with Crippen molar-refractivity contribution in [2.75, 3.05) is 0 Å². The molecule has 148 heavy (non-hydrogen) atoms. The van der Waals surface area contributed by atoms with Gasteiger partial charge in [-0.3, -0.25) is 0 Å². The van der Waals surface area contributed by atoms with Crippen molar-refractivity contribution in [1.82, 2.24) is 0 Å². The minimum Gasteiger partial charge on any atom is -0.488 e. The molecule has 0 heterocycles. The van der Waals surface area contributed by atoms with E-state index in [9.17, 15) is 0 Å². The number of hydrogen-bond donors (Lipinski definition) is 0. The topological polar surface area (TPSA) is 9.23 Å². The fourth-order valence-corrected chi connectivity index (χ4v) is 25.1. The monoisotopic (exact) mass is 1880 g/mol. The zero-order valence-electron chi connectivity index (χ0n) is 82.4. The van der Waals surface area contributed by atoms with Gasteiger partial charge in [0, 0.05) is 5.39 Å². The molecule has 27 aromatic rings. The van der Waals surface area contributed by atoms with Gasteiger partial charge in [0.2, 0.25) is 0 Å². The van der Waals surface area contributed by atoms with Gasteiger partial charge in [0.1, 0.15) is 12.4 Å². The van der Waals surface area contributed by atoms with Crippen molar-refractivity contribution in [2.24, 2.45) is 0 Å². The van der Waals surface area contributed by atoms with Crippen LogP contribution in [-0.4, -0.2) is 0 Å². The van der Waals surface area contributed by atoms with Crippen LogP contribution in [-0.2, 0) is 6.61 Å². The molecular weight excluding hydrogens is 1780 g/mol. The molecule has 1 nitrogen and oxygen atoms in total. The van der Waals surface area contributed by atoms with Crippen LogP contribution in [0.15, 0.2) is 510 Å². The summed E-state index contributed by atoms with van der Waals surface area (Å²) in [5, 5.41) is 33.6. The number of rotatable bonds is 14. The summed E-state index contributed by atoms with van der Waals surface area (Å²) in [5.74, 6) is 2.28. The zero-order valence-corrected chi connectivity index (χ0v) is 82.4. The Kier molecular flexibility index (Phi) is 22.2. The van der Waals surface area contributed by atoms with Crippen LogP contribution in [0.4, 0.5) is 0 Å². The third kappa shape index (κ3) is 16.1. The van der Waals surface area contributed by atoms with E-state index in [-0.39, 0.29) is 0 Å². The molecule has 0 amide bonds. The average Bonchev–Trinajstić information content (AvgIpc) is 1.33. The first-order valence-electron chi connectivity index (χ1n) is 52.8. The van der Waals surface area contributed by atoms with E-state index in [1.54, 1.807) is 5.56 Å². The highest BCUT2D eigenvalue weighted by atomic mass is 16.5. The lowest BCUT2D eigenvalue weighted by atomic mass is 9.85. The SMILES string of the molecule is c1ccc(COc2ccc(-c3cc4ccccc4c4ccccc34)c3cc(-c4ccc(-c5ccc6ccccc6c5)cc4)ccc23)cc1.c1ccc2cc(-c3ccc(-c4ccc5cc(-c6cc7ccc8cc(C9CCCC9)c9ccccc9c8c7c7ccccc67)ccc5c4)cc3)ccc2c1.c1ccc2cc(-c3ccc(-c4ccc5cccc(-c6ccc7c8c(cccc68)-c6cc(C8CCCC8)ccc6-7)c5c4)cc3)ccc2c1. The number of ether oxygens (including phenoxy) is 1. The molecule has 0 aliphatic heterocycles. The highest BCUT2D eigenvalue weighted by molar-refractivity contribution is 6.30. The van der Waals surface area contributed by atoms with Crippen LogP contribution in [0.2, 0.25) is 0 Å². The van der Waals surface area contributed by atoms with Gasteiger partial charge in [0.15, 0.2) is 0 Å². The lowest BCUT2D eigenvalue weighted by molar-refractivity contribution is 0.310. The van der Waals surface area contributed by atoms with Crippen molar-refractivity contribution in [3.8, 4) is 128 Å². The fourth-order valence-electron chi connectivity index (χ4n) is 25.1. The molecule has 0 saturated heterocycles. The molecule has 0 N–H and O–H groups in total. The zero-order chi connectivity index (χ0) is 97.6. The maximum absolute atomic E-state index is 6.49. The maximum atomic E-state index is 6.49. The van der Waals surface area contributed by atoms with E-state index < -0.39 is 0 Å². The Balaban J connectivity index is 0.000000107. The molecule has 30 rings (SSSR count). The normalized spacial score (nSPS) is 13.0. The molecule has 2 saturated carbocycles. The van der Waals surface area contributed by atoms with Crippen molar-refractivity contribution in [1.29, 1.82) is 0 Å². The molecule has 3 aliphatic carbocycles. The van der Waals surface area contributed by atoms with E-state index in [0.717, 1.165) is 22.6 Å². The van der Waals surface area contributed by atoms with E-state index in [1.165, 1.54) is 314 Å². The third-order valence-corrected chi connectivity index (χ3v) is 32.7. The molecule has 0 radical (unpaired) electrons. The first-order valence-corrected chi connectivity index (χ1v) is 52.8. The largest absolute Gasteiger partial charge is 0.488 e. The Bertz CT molecular complexity index is 9970. The highest BCUT2D eigenvalue weighted by Crippen LogP contribution is 2.54. The van der Waals surface area contributed by atoms with E-state index in [0.29, 0.717) is 12.5 Å². The third-order valence-electron chi connectivity index (χ3n) is 32.7. The Morgan fingerprint density at radius 3 is 1.09 bits per heavy atom. The number of fused-ring (bicyclic) bond motifs is 19. The Labute approximate surface area is 862 Å². The van der Waals surface area contributed by atoms with Crippen LogP contribution in [0.3, 0.4) is 0 Å². The standard InChI is InChI=1S/C53H38.C47H32O.C47H34/c1-4-12-38-29-39(22-21-34(38)9-1)35-17-19-36(20-18-35)40-23-24-42-31-43(26-25-41(42)30-40)51-33-45-28-27-44-32-50(37-10-2-3-11-37)46-13-5-7-15-48(46)52(44)53(45)49-16-8-6-14-47(49)51;1-2-10-32(11-3-1)31-48-47-27-26-43(45-30-39-14-6-7-15-40(39)41-16-8-9-17-42(41)45)46-29-38(24-25-44(46)47)35-20-18-34(19-21-35)37-23-22-33-12-4-5-13-36(33)28-37;1-2-8-30(7-1)38-23-24-41-44-26-25-40(42-13-6-14-43(47(42)44)46(41)29-38)39-12-5-11-34-20-22-37(28-45(34)39)33-17-15-32(16-18-33)36-21-19-31-9-3-4-10-35(31)27-36/h1,4-9,12-33,37H,2-3,10-11H2;1-30H,31H2;3-6,9-30H,1-2,7-8H2. The minimum atomic E-state index is 0.520. The summed E-state index contributed by atoms with van der Waals surface area (Å²) in [7, 11) is 0. The van der Waals surface area contributed by atoms with Crippen molar-refractivity contribution < 1.29 is 4.74 Å². The number of hydrogen-bond acceptors (Lipinski definition) is 1. The average molecular weight is 1890 g/mol. The summed E-state index contributed by atoms with van der Waals surface area (Å²) in [5.41, 5.74) is 32.1. The van der Waals surface area contributed by atoms with Gasteiger partial charge in [-0.15, -0.1) is 0 Å². The quantitative estimate of drug-likeness (QED) is 0.0986. The van der Waals surface area contributed by atoms with E-state index in [1.807, 2.05) is 6.07 Å². The second-order valence-electron chi connectivity index (χ2n) is 41.2. The lowest BCUT2D eigenvalue weighted by Gasteiger charge is -2.19. The molecule has 0 bridgehead atoms. The van der Waals surface area contributed by atoms with Crippen LogP contribution in [0, 0.1) is 0 Å². The summed E-state index contributed by atoms with van der Waals surface area (Å²) >= 11 is 0. The summed E-state index contributed by atoms with van der Waals surface area (Å²) in [6.07, 6.45) is 10.7. The van der Waals surface area contributed by atoms with E-state index in [4.69, 9.17) is 4.74 Å². The second-order valence-corrected chi connectivity index (χ2v) is 41.2. The first kappa shape index (κ1) is 87.9. The molecule has 27 aromatic carbocycles. The molecule has 3 aliphatic rings. The van der Waals surface area contributed by atoms with Crippen LogP contribution < -0.4 is 4.74 Å². The van der Waals surface area contributed by atoms with Gasteiger partial charge in [-0.05, 0) is 372 Å². The highest BCUT2D eigenvalue weighted by Gasteiger charge is 2.29. The molecule has 2 fully saturated rings. The summed E-state index contributed by atoms with van der Waals surface area (Å²) in [6.45, 7) is 0.520. The van der Waals surface area contributed by atoms with Gasteiger partial charge in [0.25, 0.3) is 0 Å². The molecule has 0 atom stereocenters. The summed E-state index contributed by atoms with van der Waals surface area (Å²) < 4.78 is 6.49. The van der Waals surface area contributed by atoms with Gasteiger partial charge >= 0.3 is 0 Å². The molecule has 0 aromatic heterocycles. The van der Waals surface area contributed by atoms with Gasteiger partial charge < -0.3 is 4.74 Å². The maximum Gasteiger partial charge on any atom is 0.127 e. The van der Waals surface area contributed by atoms with Gasteiger partial charge in [-0.25, -0.2) is 0 Å². The van der Waals surface area contributed by atoms with Crippen molar-refractivity contribution in [3.05, 3.63) is 526 Å². The molecule has 1 heteroatoms. The van der Waals surface area contributed by atoms with Crippen molar-refractivity contribution in [3.63, 3.8) is 0 Å². The van der Waals surface area contributed by atoms with E-state index >= 15 is 0 Å². The smallest absolute Gasteiger partial charge is 0.127 e. The fraction of sp³-hybridized carbons (Fsp3) is 0.0748. The molecular formula is C147H104O. The Hall–Kier alpha value is -17.9. The van der Waals surface area contributed by atoms with Crippen LogP contribution in [0.1, 0.15) is 79.9 Å². The molecule has 0 spiro atoms. The molecule has 0 unspecified atom stereocenters. The van der Waals surface area contributed by atoms with Gasteiger partial charge in [-0.2, -0.15) is 0 Å². The van der Waals surface area contributed by atoms with Crippen molar-refractivity contribution >= 4 is 140 Å². The summed E-state index contributed by atoms with van der Waals surface area (Å²) in [4.78, 5) is 0. The lowest BCUT2D eigenvalue weighted by Crippen LogP contribution is -1.97. The predicted octanol–water partition coefficient (Wildman–Crippen LogP) is 41.6. The number of benzene rings is 27. The second kappa shape index (κ2) is 37.4. The van der Waals surface area contributed by atoms with Crippen LogP contribution in [0.25, 0.3) is 262 Å². The van der Waals surface area contributed by atoms with E-state index in [2.05, 4.69) is 504 Å². The van der Waals surface area contributed by atoms with Gasteiger partial charge in [0.05, 0.1) is 0 Å². The summed E-state index contributed by atoms with van der Waals surface area (Å²) in [6, 6.07) is 189. The van der Waals surface area contributed by atoms with Gasteiger partial charge in [-0.1, -0.05) is 475 Å². The Morgan fingerprint density at radius 2 is 0.514 bits per heavy atom. The molecule has 698 valence electrons. The minimum absolute atomic E-state index is 0.520. The first-order chi connectivity index (χ1) is 73.3. The predicted molar refractivity (Wildman–Crippen MR) is 633 cm³/mol. The van der Waals surface area contributed by atoms with Crippen LogP contribution >= 0.6 is 0 Å².